The maximum Gasteiger partial charge on any atom is 0.226 e. The summed E-state index contributed by atoms with van der Waals surface area (Å²) in [4.78, 5) is 10.7. The Morgan fingerprint density at radius 3 is 2.26 bits per heavy atom. The van der Waals surface area contributed by atoms with Gasteiger partial charge in [0.25, 0.3) is 0 Å². The lowest BCUT2D eigenvalue weighted by molar-refractivity contribution is 0.386. The average molecular weight is 481 g/mol. The van der Waals surface area contributed by atoms with Crippen molar-refractivity contribution in [2.75, 3.05) is 44.4 Å². The van der Waals surface area contributed by atoms with E-state index < -0.39 is 0 Å². The molecule has 0 saturated carbocycles. The third-order valence-corrected chi connectivity index (χ3v) is 4.90. The van der Waals surface area contributed by atoms with Gasteiger partial charge in [0.2, 0.25) is 5.28 Å². The maximum absolute atomic E-state index is 7.84. The van der Waals surface area contributed by atoms with E-state index in [2.05, 4.69) is 58.4 Å². The number of halogens is 1. The van der Waals surface area contributed by atoms with E-state index >= 15 is 0 Å². The summed E-state index contributed by atoms with van der Waals surface area (Å²) in [7, 11) is 3.68. The smallest absolute Gasteiger partial charge is 0.226 e. The molecule has 0 amide bonds. The standard InChI is InChI=1S/C24H31ClN6O.C2H2/c1-6-31(4)16-18(3)8-7-17(2)14-27-22-21(13-26)23(30-24(25)29-22)28-15-19-9-11-20(32-5)12-10-19;1-2/h7-13,26H,2-3,6,14-16H2,1,4-5H3,(H2,27,28,29,30);1-2H/b8-7-,26-13?;. The molecule has 2 rings (SSSR count). The first-order valence-corrected chi connectivity index (χ1v) is 11.0. The Labute approximate surface area is 208 Å². The van der Waals surface area contributed by atoms with Gasteiger partial charge in [0.15, 0.2) is 0 Å². The quantitative estimate of drug-likeness (QED) is 0.161. The van der Waals surface area contributed by atoms with E-state index in [0.717, 1.165) is 35.5 Å². The van der Waals surface area contributed by atoms with Crippen LogP contribution in [0.5, 0.6) is 5.75 Å². The number of aromatic nitrogens is 2. The van der Waals surface area contributed by atoms with Crippen LogP contribution in [0.25, 0.3) is 0 Å². The monoisotopic (exact) mass is 480 g/mol. The third kappa shape index (κ3) is 9.49. The van der Waals surface area contributed by atoms with Crippen LogP contribution >= 0.6 is 11.6 Å². The molecule has 8 heteroatoms. The molecule has 0 aliphatic heterocycles. The molecule has 0 unspecified atom stereocenters. The maximum atomic E-state index is 7.84. The highest BCUT2D eigenvalue weighted by Crippen LogP contribution is 2.22. The van der Waals surface area contributed by atoms with Gasteiger partial charge in [-0.25, -0.2) is 0 Å². The molecular formula is C26H33ClN6O. The fourth-order valence-electron chi connectivity index (χ4n) is 2.78. The predicted molar refractivity (Wildman–Crippen MR) is 144 cm³/mol. The van der Waals surface area contributed by atoms with E-state index in [1.807, 2.05) is 43.5 Å². The first kappa shape index (κ1) is 28.4. The van der Waals surface area contributed by atoms with Crippen molar-refractivity contribution in [3.63, 3.8) is 0 Å². The van der Waals surface area contributed by atoms with Gasteiger partial charge < -0.3 is 25.7 Å². The summed E-state index contributed by atoms with van der Waals surface area (Å²) in [6.45, 7) is 13.0. The molecule has 0 bridgehead atoms. The minimum atomic E-state index is 0.0902. The second kappa shape index (κ2) is 15.3. The van der Waals surface area contributed by atoms with Crippen molar-refractivity contribution < 1.29 is 4.74 Å². The van der Waals surface area contributed by atoms with Crippen LogP contribution in [0.2, 0.25) is 5.28 Å². The third-order valence-electron chi connectivity index (χ3n) is 4.73. The fourth-order valence-corrected chi connectivity index (χ4v) is 2.95. The van der Waals surface area contributed by atoms with Crippen LogP contribution < -0.4 is 15.4 Å². The van der Waals surface area contributed by atoms with Gasteiger partial charge in [-0.3, -0.25) is 0 Å². The summed E-state index contributed by atoms with van der Waals surface area (Å²) < 4.78 is 5.18. The summed E-state index contributed by atoms with van der Waals surface area (Å²) in [5.74, 6) is 1.74. The highest BCUT2D eigenvalue weighted by atomic mass is 35.5. The highest BCUT2D eigenvalue weighted by Gasteiger charge is 2.12. The highest BCUT2D eigenvalue weighted by molar-refractivity contribution is 6.28. The molecule has 1 aromatic heterocycles. The summed E-state index contributed by atoms with van der Waals surface area (Å²) in [6, 6.07) is 7.70. The number of likely N-dealkylation sites (N-methyl/N-ethyl adjacent to an activating group) is 1. The molecule has 3 N–H and O–H groups in total. The Balaban J connectivity index is 0.00000281. The lowest BCUT2D eigenvalue weighted by atomic mass is 10.2. The molecule has 0 saturated heterocycles. The zero-order chi connectivity index (χ0) is 25.5. The van der Waals surface area contributed by atoms with Crippen molar-refractivity contribution in [3.05, 3.63) is 77.1 Å². The second-order valence-electron chi connectivity index (χ2n) is 7.28. The predicted octanol–water partition coefficient (Wildman–Crippen LogP) is 5.03. The number of rotatable bonds is 13. The molecular weight excluding hydrogens is 448 g/mol. The van der Waals surface area contributed by atoms with Crippen molar-refractivity contribution in [1.82, 2.24) is 14.9 Å². The number of terminal acetylenes is 1. The van der Waals surface area contributed by atoms with E-state index in [4.69, 9.17) is 21.7 Å². The number of methoxy groups -OCH3 is 1. The topological polar surface area (TPSA) is 86.2 Å². The van der Waals surface area contributed by atoms with Gasteiger partial charge in [-0.15, -0.1) is 12.8 Å². The normalized spacial score (nSPS) is 10.3. The van der Waals surface area contributed by atoms with Crippen LogP contribution in [0.1, 0.15) is 18.1 Å². The molecule has 7 nitrogen and oxygen atoms in total. The first-order valence-electron chi connectivity index (χ1n) is 10.6. The summed E-state index contributed by atoms with van der Waals surface area (Å²) in [5.41, 5.74) is 3.42. The first-order chi connectivity index (χ1) is 16.4. The molecule has 180 valence electrons. The number of nitrogens with one attached hydrogen (secondary N) is 3. The summed E-state index contributed by atoms with van der Waals surface area (Å²) >= 11 is 6.13. The molecule has 0 aliphatic carbocycles. The minimum Gasteiger partial charge on any atom is -0.497 e. The van der Waals surface area contributed by atoms with Crippen LogP contribution in [0, 0.1) is 18.3 Å². The molecule has 0 spiro atoms. The van der Waals surface area contributed by atoms with E-state index in [9.17, 15) is 0 Å². The van der Waals surface area contributed by atoms with Gasteiger partial charge in [0.05, 0.1) is 12.7 Å². The Morgan fingerprint density at radius 2 is 1.71 bits per heavy atom. The molecule has 1 aromatic carbocycles. The minimum absolute atomic E-state index is 0.0902. The van der Waals surface area contributed by atoms with Gasteiger partial charge >= 0.3 is 0 Å². The second-order valence-corrected chi connectivity index (χ2v) is 7.62. The Bertz CT molecular complexity index is 1010. The average Bonchev–Trinajstić information content (AvgIpc) is 2.86. The Hall–Kier alpha value is -3.60. The van der Waals surface area contributed by atoms with Crippen molar-refractivity contribution in [2.24, 2.45) is 0 Å². The molecule has 2 aromatic rings. The van der Waals surface area contributed by atoms with Gasteiger partial charge in [-0.05, 0) is 54.0 Å². The molecule has 0 atom stereocenters. The van der Waals surface area contributed by atoms with Gasteiger partial charge in [0.1, 0.15) is 17.4 Å². The van der Waals surface area contributed by atoms with Crippen LogP contribution in [0.15, 0.2) is 60.7 Å². The number of anilines is 2. The Morgan fingerprint density at radius 1 is 1.12 bits per heavy atom. The number of hydrogen-bond donors (Lipinski definition) is 3. The number of ether oxygens (including phenoxy) is 1. The number of benzene rings is 1. The Kier molecular flexibility index (Phi) is 12.8. The van der Waals surface area contributed by atoms with Crippen molar-refractivity contribution in [3.8, 4) is 18.6 Å². The van der Waals surface area contributed by atoms with Crippen LogP contribution in [0.3, 0.4) is 0 Å². The molecule has 0 radical (unpaired) electrons. The van der Waals surface area contributed by atoms with Crippen molar-refractivity contribution in [2.45, 2.75) is 13.5 Å². The fraction of sp³-hybridized carbons (Fsp3) is 0.269. The molecule has 34 heavy (non-hydrogen) atoms. The van der Waals surface area contributed by atoms with Crippen LogP contribution in [-0.2, 0) is 6.54 Å². The van der Waals surface area contributed by atoms with Crippen LogP contribution in [0.4, 0.5) is 11.6 Å². The van der Waals surface area contributed by atoms with Gasteiger partial charge in [0, 0.05) is 25.8 Å². The lowest BCUT2D eigenvalue weighted by Gasteiger charge is -2.14. The van der Waals surface area contributed by atoms with Gasteiger partial charge in [-0.1, -0.05) is 44.4 Å². The van der Waals surface area contributed by atoms with E-state index in [1.165, 1.54) is 6.21 Å². The van der Waals surface area contributed by atoms with Crippen molar-refractivity contribution in [1.29, 1.82) is 5.41 Å². The number of nitrogens with zero attached hydrogens (tertiary/aromatic N) is 3. The van der Waals surface area contributed by atoms with E-state index in [0.29, 0.717) is 30.3 Å². The molecule has 0 fully saturated rings. The lowest BCUT2D eigenvalue weighted by Crippen LogP contribution is -2.19. The van der Waals surface area contributed by atoms with Crippen LogP contribution in [-0.4, -0.2) is 54.9 Å². The van der Waals surface area contributed by atoms with E-state index in [-0.39, 0.29) is 5.28 Å². The SMILES string of the molecule is C#C.C=C(/C=C\C(=C)CN(C)CC)CNc1nc(Cl)nc(NCc2ccc(OC)cc2)c1C=N. The zero-order valence-corrected chi connectivity index (χ0v) is 20.8. The summed E-state index contributed by atoms with van der Waals surface area (Å²) in [6.07, 6.45) is 13.1. The van der Waals surface area contributed by atoms with Crippen molar-refractivity contribution >= 4 is 29.5 Å². The number of hydrogen-bond acceptors (Lipinski definition) is 7. The van der Waals surface area contributed by atoms with Gasteiger partial charge in [-0.2, -0.15) is 9.97 Å². The summed E-state index contributed by atoms with van der Waals surface area (Å²) in [5, 5.41) is 14.4. The largest absolute Gasteiger partial charge is 0.497 e. The molecule has 0 aliphatic rings. The zero-order valence-electron chi connectivity index (χ0n) is 20.1. The molecule has 1 heterocycles. The van der Waals surface area contributed by atoms with E-state index in [1.54, 1.807) is 7.11 Å².